The Morgan fingerprint density at radius 2 is 2.09 bits per heavy atom. The van der Waals surface area contributed by atoms with E-state index in [2.05, 4.69) is 16.8 Å². The molecule has 23 heavy (non-hydrogen) atoms. The standard InChI is InChI=1S/C19H26N2O2/c1-2-3-10-21-11-8-15(9-12-21)14-23-19(22)18-13-16-6-4-5-7-17(16)20-18/h4-7,13,15,20H,2-3,8-12,14H2,1H3. The molecule has 0 spiro atoms. The van der Waals surface area contributed by atoms with E-state index in [1.807, 2.05) is 30.3 Å². The summed E-state index contributed by atoms with van der Waals surface area (Å²) in [6.45, 7) is 6.24. The summed E-state index contributed by atoms with van der Waals surface area (Å²) in [5.74, 6) is 0.260. The summed E-state index contributed by atoms with van der Waals surface area (Å²) in [5, 5.41) is 1.05. The maximum atomic E-state index is 12.2. The van der Waals surface area contributed by atoms with Crippen LogP contribution in [0.15, 0.2) is 30.3 Å². The fraction of sp³-hybridized carbons (Fsp3) is 0.526. The third kappa shape index (κ3) is 4.14. The van der Waals surface area contributed by atoms with Crippen LogP contribution in [0.2, 0.25) is 0 Å². The number of esters is 1. The Morgan fingerprint density at radius 3 is 2.83 bits per heavy atom. The van der Waals surface area contributed by atoms with Crippen molar-refractivity contribution >= 4 is 16.9 Å². The minimum Gasteiger partial charge on any atom is -0.461 e. The fourth-order valence-electron chi connectivity index (χ4n) is 3.21. The molecule has 0 aliphatic carbocycles. The predicted octanol–water partition coefficient (Wildman–Crippen LogP) is 3.84. The van der Waals surface area contributed by atoms with Gasteiger partial charge in [-0.05, 0) is 56.9 Å². The van der Waals surface area contributed by atoms with E-state index in [0.29, 0.717) is 18.2 Å². The molecule has 0 radical (unpaired) electrons. The lowest BCUT2D eigenvalue weighted by Gasteiger charge is -2.31. The molecule has 0 bridgehead atoms. The van der Waals surface area contributed by atoms with Crippen LogP contribution >= 0.6 is 0 Å². The van der Waals surface area contributed by atoms with Crippen molar-refractivity contribution < 1.29 is 9.53 Å². The molecule has 3 rings (SSSR count). The highest BCUT2D eigenvalue weighted by Gasteiger charge is 2.21. The van der Waals surface area contributed by atoms with Gasteiger partial charge in [0.15, 0.2) is 0 Å². The third-order valence-corrected chi connectivity index (χ3v) is 4.74. The highest BCUT2D eigenvalue weighted by atomic mass is 16.5. The van der Waals surface area contributed by atoms with Gasteiger partial charge in [-0.3, -0.25) is 0 Å². The van der Waals surface area contributed by atoms with Crippen LogP contribution in [-0.4, -0.2) is 42.1 Å². The van der Waals surface area contributed by atoms with Gasteiger partial charge in [0, 0.05) is 10.9 Å². The summed E-state index contributed by atoms with van der Waals surface area (Å²) in [6.07, 6.45) is 4.79. The van der Waals surface area contributed by atoms with E-state index >= 15 is 0 Å². The molecular weight excluding hydrogens is 288 g/mol. The second kappa shape index (κ2) is 7.64. The number of nitrogens with one attached hydrogen (secondary N) is 1. The molecule has 2 aromatic rings. The number of para-hydroxylation sites is 1. The van der Waals surface area contributed by atoms with Crippen LogP contribution in [0.1, 0.15) is 43.1 Å². The number of aromatic amines is 1. The summed E-state index contributed by atoms with van der Waals surface area (Å²) in [4.78, 5) is 17.9. The first-order valence-corrected chi connectivity index (χ1v) is 8.73. The van der Waals surface area contributed by atoms with Crippen molar-refractivity contribution in [3.8, 4) is 0 Å². The zero-order valence-corrected chi connectivity index (χ0v) is 13.9. The number of rotatable bonds is 6. The number of nitrogens with zero attached hydrogens (tertiary/aromatic N) is 1. The van der Waals surface area contributed by atoms with Crippen LogP contribution < -0.4 is 0 Å². The molecule has 2 heterocycles. The summed E-state index contributed by atoms with van der Waals surface area (Å²) in [5.41, 5.74) is 1.52. The van der Waals surface area contributed by atoms with Crippen molar-refractivity contribution in [2.24, 2.45) is 5.92 Å². The molecule has 4 heteroatoms. The molecule has 4 nitrogen and oxygen atoms in total. The quantitative estimate of drug-likeness (QED) is 0.824. The maximum absolute atomic E-state index is 12.2. The first kappa shape index (κ1) is 16.1. The van der Waals surface area contributed by atoms with Gasteiger partial charge in [-0.2, -0.15) is 0 Å². The highest BCUT2D eigenvalue weighted by Crippen LogP contribution is 2.19. The Morgan fingerprint density at radius 1 is 1.30 bits per heavy atom. The average molecular weight is 314 g/mol. The molecule has 1 aliphatic rings. The highest BCUT2D eigenvalue weighted by molar-refractivity contribution is 5.94. The van der Waals surface area contributed by atoms with Crippen LogP contribution in [-0.2, 0) is 4.74 Å². The molecule has 1 aliphatic heterocycles. The van der Waals surface area contributed by atoms with Gasteiger partial charge in [-0.15, -0.1) is 0 Å². The molecule has 124 valence electrons. The van der Waals surface area contributed by atoms with Crippen LogP contribution in [0.25, 0.3) is 10.9 Å². The number of ether oxygens (including phenoxy) is 1. The number of fused-ring (bicyclic) bond motifs is 1. The lowest BCUT2D eigenvalue weighted by atomic mass is 9.97. The van der Waals surface area contributed by atoms with Crippen molar-refractivity contribution in [1.82, 2.24) is 9.88 Å². The molecule has 0 amide bonds. The number of unbranched alkanes of at least 4 members (excludes halogenated alkanes) is 1. The van der Waals surface area contributed by atoms with Crippen molar-refractivity contribution in [3.63, 3.8) is 0 Å². The summed E-state index contributed by atoms with van der Waals surface area (Å²) in [6, 6.07) is 9.76. The number of piperidine rings is 1. The molecule has 1 aromatic carbocycles. The van der Waals surface area contributed by atoms with Gasteiger partial charge in [-0.1, -0.05) is 31.5 Å². The van der Waals surface area contributed by atoms with Gasteiger partial charge in [0.2, 0.25) is 0 Å². The zero-order valence-electron chi connectivity index (χ0n) is 13.9. The molecule has 1 aromatic heterocycles. The van der Waals surface area contributed by atoms with Crippen LogP contribution in [0.3, 0.4) is 0 Å². The van der Waals surface area contributed by atoms with Gasteiger partial charge in [0.25, 0.3) is 0 Å². The van der Waals surface area contributed by atoms with E-state index in [1.54, 1.807) is 0 Å². The van der Waals surface area contributed by atoms with Crippen molar-refractivity contribution in [2.45, 2.75) is 32.6 Å². The van der Waals surface area contributed by atoms with Gasteiger partial charge >= 0.3 is 5.97 Å². The van der Waals surface area contributed by atoms with E-state index in [4.69, 9.17) is 4.74 Å². The van der Waals surface area contributed by atoms with Crippen molar-refractivity contribution in [3.05, 3.63) is 36.0 Å². The van der Waals surface area contributed by atoms with E-state index < -0.39 is 0 Å². The van der Waals surface area contributed by atoms with E-state index in [9.17, 15) is 4.79 Å². The number of benzene rings is 1. The molecule has 1 fully saturated rings. The molecular formula is C19H26N2O2. The topological polar surface area (TPSA) is 45.3 Å². The smallest absolute Gasteiger partial charge is 0.354 e. The van der Waals surface area contributed by atoms with Gasteiger partial charge in [-0.25, -0.2) is 4.79 Å². The maximum Gasteiger partial charge on any atom is 0.354 e. The van der Waals surface area contributed by atoms with E-state index in [1.165, 1.54) is 19.4 Å². The predicted molar refractivity (Wildman–Crippen MR) is 92.7 cm³/mol. The van der Waals surface area contributed by atoms with Gasteiger partial charge < -0.3 is 14.6 Å². The minimum absolute atomic E-state index is 0.241. The number of hydrogen-bond donors (Lipinski definition) is 1. The number of carbonyl (C=O) groups excluding carboxylic acids is 1. The Bertz CT molecular complexity index is 609. The van der Waals surface area contributed by atoms with Crippen molar-refractivity contribution in [2.75, 3.05) is 26.2 Å². The number of carbonyl (C=O) groups is 1. The van der Waals surface area contributed by atoms with Crippen molar-refractivity contribution in [1.29, 1.82) is 0 Å². The second-order valence-electron chi connectivity index (χ2n) is 6.51. The molecule has 0 atom stereocenters. The van der Waals surface area contributed by atoms with E-state index in [0.717, 1.165) is 36.8 Å². The number of likely N-dealkylation sites (tertiary alicyclic amines) is 1. The molecule has 0 unspecified atom stereocenters. The Balaban J connectivity index is 1.46. The SMILES string of the molecule is CCCCN1CCC(COC(=O)c2cc3ccccc3[nH]2)CC1. The first-order chi connectivity index (χ1) is 11.3. The minimum atomic E-state index is -0.241. The Kier molecular flexibility index (Phi) is 5.34. The Hall–Kier alpha value is -1.81. The molecule has 1 N–H and O–H groups in total. The van der Waals surface area contributed by atoms with Gasteiger partial charge in [0.1, 0.15) is 5.69 Å². The summed E-state index contributed by atoms with van der Waals surface area (Å²) in [7, 11) is 0. The van der Waals surface area contributed by atoms with Crippen LogP contribution in [0.4, 0.5) is 0 Å². The number of H-pyrrole nitrogens is 1. The summed E-state index contributed by atoms with van der Waals surface area (Å²) >= 11 is 0. The number of hydrogen-bond acceptors (Lipinski definition) is 3. The van der Waals surface area contributed by atoms with E-state index in [-0.39, 0.29) is 5.97 Å². The molecule has 1 saturated heterocycles. The largest absolute Gasteiger partial charge is 0.461 e. The second-order valence-corrected chi connectivity index (χ2v) is 6.51. The molecule has 0 saturated carbocycles. The van der Waals surface area contributed by atoms with Gasteiger partial charge in [0.05, 0.1) is 6.61 Å². The Labute approximate surface area is 137 Å². The lowest BCUT2D eigenvalue weighted by molar-refractivity contribution is 0.0366. The number of aromatic nitrogens is 1. The normalized spacial score (nSPS) is 16.7. The van der Waals surface area contributed by atoms with Crippen LogP contribution in [0, 0.1) is 5.92 Å². The monoisotopic (exact) mass is 314 g/mol. The summed E-state index contributed by atoms with van der Waals surface area (Å²) < 4.78 is 5.52. The first-order valence-electron chi connectivity index (χ1n) is 8.73. The zero-order chi connectivity index (χ0) is 16.1. The fourth-order valence-corrected chi connectivity index (χ4v) is 3.21. The average Bonchev–Trinajstić information content (AvgIpc) is 3.03. The third-order valence-electron chi connectivity index (χ3n) is 4.74. The lowest BCUT2D eigenvalue weighted by Crippen LogP contribution is -2.36. The van der Waals surface area contributed by atoms with Crippen LogP contribution in [0.5, 0.6) is 0 Å².